The molecule has 1 aliphatic carbocycles. The molecule has 0 amide bonds. The van der Waals surface area contributed by atoms with Crippen molar-refractivity contribution in [2.75, 3.05) is 47.5 Å². The third kappa shape index (κ3) is 32.0. The van der Waals surface area contributed by atoms with Crippen LogP contribution in [0.15, 0.2) is 60.8 Å². The first-order valence-electron chi connectivity index (χ1n) is 23.3. The number of esters is 2. The molecule has 0 bridgehead atoms. The number of phosphoric ester groups is 1. The fourth-order valence-electron chi connectivity index (χ4n) is 6.84. The Morgan fingerprint density at radius 1 is 0.721 bits per heavy atom. The predicted molar refractivity (Wildman–Crippen MR) is 244 cm³/mol. The minimum atomic E-state index is -4.45. The Hall–Kier alpha value is -2.41. The standard InChI is InChI=1S/C48H84NO11P/c1-6-8-10-11-12-13-14-15-16-17-18-19-20-21-22-23-29-33-48(54)60-42(40-59-61(55,56)58-37-36-49(3,4)5)39-57-47(53)32-28-25-24-27-31-43-44(46(52)38-45(43)51)35-34-41(50)30-26-9-7-2/h12-13,15-16,18-19,24,27,34-35,41-46,50-52H,6-11,14,17,20-23,25-26,28-33,36-40H2,1-5H3/p+1/b13-12-,16-15-,19-18-,27-24+,35-34+/t41-,42+,43+,44+,45-,46+/m0/s1. The second-order valence-corrected chi connectivity index (χ2v) is 18.9. The number of aliphatic hydroxyl groups excluding tert-OH is 3. The van der Waals surface area contributed by atoms with Crippen LogP contribution in [0.25, 0.3) is 0 Å². The van der Waals surface area contributed by atoms with Crippen LogP contribution >= 0.6 is 7.82 Å². The zero-order chi connectivity index (χ0) is 45.2. The van der Waals surface area contributed by atoms with Crippen LogP contribution in [-0.2, 0) is 32.7 Å². The van der Waals surface area contributed by atoms with Gasteiger partial charge in [0.2, 0.25) is 0 Å². The lowest BCUT2D eigenvalue weighted by molar-refractivity contribution is -0.870. The fourth-order valence-corrected chi connectivity index (χ4v) is 7.58. The third-order valence-electron chi connectivity index (χ3n) is 10.6. The van der Waals surface area contributed by atoms with Gasteiger partial charge in [-0.1, -0.05) is 120 Å². The van der Waals surface area contributed by atoms with E-state index in [9.17, 15) is 34.4 Å². The first-order valence-corrected chi connectivity index (χ1v) is 24.8. The number of nitrogens with zero attached hydrogens (tertiary/aromatic N) is 1. The third-order valence-corrected chi connectivity index (χ3v) is 11.6. The van der Waals surface area contributed by atoms with Crippen molar-refractivity contribution in [1.29, 1.82) is 0 Å². The Bertz CT molecular complexity index is 1340. The number of aliphatic hydroxyl groups is 3. The van der Waals surface area contributed by atoms with Crippen molar-refractivity contribution in [1.82, 2.24) is 0 Å². The summed E-state index contributed by atoms with van der Waals surface area (Å²) < 4.78 is 34.3. The number of unbranched alkanes of at least 4 members (excludes halogenated alkanes) is 10. The molecule has 0 radical (unpaired) electrons. The number of hydrogen-bond donors (Lipinski definition) is 4. The van der Waals surface area contributed by atoms with Gasteiger partial charge < -0.3 is 34.2 Å². The second-order valence-electron chi connectivity index (χ2n) is 17.4. The van der Waals surface area contributed by atoms with Crippen LogP contribution in [0.1, 0.15) is 149 Å². The van der Waals surface area contributed by atoms with Gasteiger partial charge >= 0.3 is 19.8 Å². The lowest BCUT2D eigenvalue weighted by atomic mass is 9.89. The van der Waals surface area contributed by atoms with Crippen molar-refractivity contribution >= 4 is 19.8 Å². The average Bonchev–Trinajstić information content (AvgIpc) is 3.47. The van der Waals surface area contributed by atoms with Gasteiger partial charge in [-0.05, 0) is 76.5 Å². The molecule has 13 heteroatoms. The highest BCUT2D eigenvalue weighted by molar-refractivity contribution is 7.47. The molecular weight excluding hydrogens is 797 g/mol. The van der Waals surface area contributed by atoms with Gasteiger partial charge in [-0.25, -0.2) is 4.57 Å². The first kappa shape index (κ1) is 56.6. The van der Waals surface area contributed by atoms with E-state index in [0.29, 0.717) is 49.6 Å². The number of carbonyl (C=O) groups excluding carboxylic acids is 2. The topological polar surface area (TPSA) is 169 Å². The van der Waals surface area contributed by atoms with Crippen LogP contribution in [0.4, 0.5) is 0 Å². The molecule has 61 heavy (non-hydrogen) atoms. The molecule has 0 saturated heterocycles. The minimum Gasteiger partial charge on any atom is -0.462 e. The van der Waals surface area contributed by atoms with Gasteiger partial charge in [-0.15, -0.1) is 0 Å². The second kappa shape index (κ2) is 35.0. The lowest BCUT2D eigenvalue weighted by Gasteiger charge is -2.24. The molecule has 0 heterocycles. The zero-order valence-electron chi connectivity index (χ0n) is 38.5. The van der Waals surface area contributed by atoms with Gasteiger partial charge in [-0.3, -0.25) is 18.6 Å². The van der Waals surface area contributed by atoms with E-state index in [1.165, 1.54) is 19.3 Å². The Morgan fingerprint density at radius 3 is 1.98 bits per heavy atom. The van der Waals surface area contributed by atoms with Crippen LogP contribution < -0.4 is 0 Å². The van der Waals surface area contributed by atoms with E-state index >= 15 is 0 Å². The molecule has 1 fully saturated rings. The summed E-state index contributed by atoms with van der Waals surface area (Å²) in [7, 11) is 1.32. The summed E-state index contributed by atoms with van der Waals surface area (Å²) in [4.78, 5) is 35.6. The molecule has 0 aromatic rings. The summed E-state index contributed by atoms with van der Waals surface area (Å²) >= 11 is 0. The molecule has 0 aromatic heterocycles. The molecule has 1 unspecified atom stereocenters. The zero-order valence-corrected chi connectivity index (χ0v) is 39.4. The Kier molecular flexibility index (Phi) is 32.5. The molecule has 352 valence electrons. The number of carbonyl (C=O) groups is 2. The van der Waals surface area contributed by atoms with E-state index in [0.717, 1.165) is 64.2 Å². The number of phosphoric acid groups is 1. The Labute approximate surface area is 369 Å². The molecule has 0 aliphatic heterocycles. The molecule has 4 N–H and O–H groups in total. The molecule has 7 atom stereocenters. The van der Waals surface area contributed by atoms with Gasteiger partial charge in [0.05, 0.1) is 46.1 Å². The highest BCUT2D eigenvalue weighted by atomic mass is 31.2. The van der Waals surface area contributed by atoms with Crippen molar-refractivity contribution in [2.45, 2.75) is 173 Å². The summed E-state index contributed by atoms with van der Waals surface area (Å²) in [6, 6.07) is 0. The van der Waals surface area contributed by atoms with Gasteiger partial charge in [0.15, 0.2) is 6.10 Å². The predicted octanol–water partition coefficient (Wildman–Crippen LogP) is 9.62. The van der Waals surface area contributed by atoms with E-state index in [4.69, 9.17) is 18.5 Å². The number of allylic oxidation sites excluding steroid dienone is 8. The lowest BCUT2D eigenvalue weighted by Crippen LogP contribution is -2.37. The number of likely N-dealkylation sites (N-methyl/N-ethyl adjacent to an activating group) is 1. The minimum absolute atomic E-state index is 0.0146. The maximum absolute atomic E-state index is 12.7. The highest BCUT2D eigenvalue weighted by Gasteiger charge is 2.39. The molecule has 0 spiro atoms. The van der Waals surface area contributed by atoms with E-state index in [1.54, 1.807) is 6.08 Å². The van der Waals surface area contributed by atoms with Gasteiger partial charge in [-0.2, -0.15) is 0 Å². The molecule has 1 saturated carbocycles. The summed E-state index contributed by atoms with van der Waals surface area (Å²) in [6.07, 6.45) is 35.0. The van der Waals surface area contributed by atoms with Gasteiger partial charge in [0, 0.05) is 25.2 Å². The van der Waals surface area contributed by atoms with Crippen LogP contribution in [0.5, 0.6) is 0 Å². The Balaban J connectivity index is 2.51. The average molecular weight is 883 g/mol. The van der Waals surface area contributed by atoms with Crippen molar-refractivity contribution in [3.05, 3.63) is 60.8 Å². The van der Waals surface area contributed by atoms with Gasteiger partial charge in [0.25, 0.3) is 0 Å². The summed E-state index contributed by atoms with van der Waals surface area (Å²) in [5.74, 6) is -1.42. The summed E-state index contributed by atoms with van der Waals surface area (Å²) in [6.45, 7) is 3.98. The van der Waals surface area contributed by atoms with Crippen LogP contribution in [0, 0.1) is 11.8 Å². The van der Waals surface area contributed by atoms with Crippen LogP contribution in [0.3, 0.4) is 0 Å². The van der Waals surface area contributed by atoms with Crippen molar-refractivity contribution in [2.24, 2.45) is 11.8 Å². The highest BCUT2D eigenvalue weighted by Crippen LogP contribution is 2.43. The largest absolute Gasteiger partial charge is 0.472 e. The van der Waals surface area contributed by atoms with E-state index < -0.39 is 50.8 Å². The first-order chi connectivity index (χ1) is 29.2. The molecular formula is C48H85NO11P+. The molecule has 1 aliphatic rings. The molecule has 12 nitrogen and oxygen atoms in total. The van der Waals surface area contributed by atoms with Crippen molar-refractivity contribution < 1.29 is 57.4 Å². The van der Waals surface area contributed by atoms with Crippen LogP contribution in [0.2, 0.25) is 0 Å². The quantitative estimate of drug-likeness (QED) is 0.0154. The fraction of sp³-hybridized carbons (Fsp3) is 0.750. The van der Waals surface area contributed by atoms with E-state index in [-0.39, 0.29) is 37.9 Å². The number of ether oxygens (including phenoxy) is 2. The summed E-state index contributed by atoms with van der Waals surface area (Å²) in [5, 5.41) is 31.4. The number of quaternary nitrogens is 1. The smallest absolute Gasteiger partial charge is 0.462 e. The number of hydrogen-bond acceptors (Lipinski definition) is 10. The maximum Gasteiger partial charge on any atom is 0.472 e. The normalized spacial score (nSPS) is 20.7. The van der Waals surface area contributed by atoms with E-state index in [1.807, 2.05) is 39.4 Å². The molecule has 0 aromatic carbocycles. The van der Waals surface area contributed by atoms with Crippen molar-refractivity contribution in [3.63, 3.8) is 0 Å². The Morgan fingerprint density at radius 2 is 1.31 bits per heavy atom. The van der Waals surface area contributed by atoms with Crippen molar-refractivity contribution in [3.8, 4) is 0 Å². The van der Waals surface area contributed by atoms with Gasteiger partial charge in [0.1, 0.15) is 19.8 Å². The monoisotopic (exact) mass is 883 g/mol. The SMILES string of the molecule is CCCCC/C=C\C/C=C\C/C=C\CCCCCCC(=O)O[C@H](COC(=O)CCC/C=C/C[C@@H]1[C@@H](/C=C/[C@@H](O)CCCCC)[C@H](O)C[C@@H]1O)COP(=O)(O)OCC[N+](C)(C)C. The van der Waals surface area contributed by atoms with E-state index in [2.05, 4.69) is 50.3 Å². The number of rotatable bonds is 37. The summed E-state index contributed by atoms with van der Waals surface area (Å²) in [5.41, 5.74) is 0. The van der Waals surface area contributed by atoms with Crippen LogP contribution in [-0.4, -0.2) is 109 Å². The molecule has 1 rings (SSSR count). The maximum atomic E-state index is 12.7.